The van der Waals surface area contributed by atoms with E-state index < -0.39 is 24.4 Å². The topological polar surface area (TPSA) is 96.2 Å². The average molecular weight is 346 g/mol. The standard InChI is InChI=1S/C18H34O6/c1-2-3-4-5-6-7-8-9-10-11-16(21)23-13-15(20)18-17(22)14(19)12-24-18/h14-15,17-20,22H,2-13H2,1H3/t14-,15-,17?,18?/m1/s1. The van der Waals surface area contributed by atoms with Crippen molar-refractivity contribution in [3.8, 4) is 0 Å². The predicted octanol–water partition coefficient (Wildman–Crippen LogP) is 1.93. The third kappa shape index (κ3) is 8.42. The van der Waals surface area contributed by atoms with E-state index in [-0.39, 0.29) is 19.2 Å². The van der Waals surface area contributed by atoms with Gasteiger partial charge in [-0.15, -0.1) is 0 Å². The molecule has 0 aromatic carbocycles. The van der Waals surface area contributed by atoms with Crippen molar-refractivity contribution in [1.29, 1.82) is 0 Å². The molecule has 0 amide bonds. The molecule has 0 aromatic rings. The lowest BCUT2D eigenvalue weighted by atomic mass is 10.1. The van der Waals surface area contributed by atoms with Gasteiger partial charge in [0.1, 0.15) is 31.0 Å². The molecule has 0 saturated carbocycles. The van der Waals surface area contributed by atoms with E-state index in [0.717, 1.165) is 19.3 Å². The van der Waals surface area contributed by atoms with E-state index in [1.54, 1.807) is 0 Å². The van der Waals surface area contributed by atoms with Gasteiger partial charge in [-0.3, -0.25) is 4.79 Å². The second-order valence-corrected chi connectivity index (χ2v) is 6.68. The lowest BCUT2D eigenvalue weighted by Crippen LogP contribution is -2.41. The first-order chi connectivity index (χ1) is 11.6. The van der Waals surface area contributed by atoms with Crippen LogP contribution >= 0.6 is 0 Å². The number of hydrogen-bond donors (Lipinski definition) is 3. The Morgan fingerprint density at radius 2 is 1.67 bits per heavy atom. The highest BCUT2D eigenvalue weighted by molar-refractivity contribution is 5.69. The van der Waals surface area contributed by atoms with Gasteiger partial charge in [-0.2, -0.15) is 0 Å². The number of ether oxygens (including phenoxy) is 2. The maximum Gasteiger partial charge on any atom is 0.305 e. The number of aliphatic hydroxyl groups is 3. The Hall–Kier alpha value is -0.690. The van der Waals surface area contributed by atoms with E-state index in [9.17, 15) is 20.1 Å². The third-order valence-electron chi connectivity index (χ3n) is 4.47. The Kier molecular flexibility index (Phi) is 11.2. The molecular weight excluding hydrogens is 312 g/mol. The molecule has 0 spiro atoms. The molecule has 1 heterocycles. The molecule has 3 N–H and O–H groups in total. The highest BCUT2D eigenvalue weighted by atomic mass is 16.6. The molecular formula is C18H34O6. The SMILES string of the molecule is CCCCCCCCCCCC(=O)OC[C@@H](O)C1OC[C@@H](O)C1O. The number of unbranched alkanes of at least 4 members (excludes halogenated alkanes) is 8. The largest absolute Gasteiger partial charge is 0.463 e. The fraction of sp³-hybridized carbons (Fsp3) is 0.944. The molecule has 4 atom stereocenters. The van der Waals surface area contributed by atoms with Crippen LogP contribution in [0.25, 0.3) is 0 Å². The van der Waals surface area contributed by atoms with Gasteiger partial charge in [-0.1, -0.05) is 58.3 Å². The molecule has 1 rings (SSSR count). The summed E-state index contributed by atoms with van der Waals surface area (Å²) in [6.45, 7) is 1.98. The van der Waals surface area contributed by atoms with Gasteiger partial charge in [0.05, 0.1) is 6.61 Å². The minimum atomic E-state index is -1.14. The van der Waals surface area contributed by atoms with E-state index in [2.05, 4.69) is 6.92 Å². The molecule has 0 bridgehead atoms. The van der Waals surface area contributed by atoms with Crippen molar-refractivity contribution >= 4 is 5.97 Å². The highest BCUT2D eigenvalue weighted by Crippen LogP contribution is 2.18. The zero-order chi connectivity index (χ0) is 17.8. The zero-order valence-corrected chi connectivity index (χ0v) is 14.9. The first-order valence-electron chi connectivity index (χ1n) is 9.37. The summed E-state index contributed by atoms with van der Waals surface area (Å²) in [7, 11) is 0. The zero-order valence-electron chi connectivity index (χ0n) is 14.9. The Bertz CT molecular complexity index is 335. The molecule has 1 aliphatic heterocycles. The number of carbonyl (C=O) groups excluding carboxylic acids is 1. The molecule has 0 radical (unpaired) electrons. The average Bonchev–Trinajstić information content (AvgIpc) is 2.90. The number of aliphatic hydroxyl groups excluding tert-OH is 3. The summed E-state index contributed by atoms with van der Waals surface area (Å²) in [6.07, 6.45) is 6.84. The number of rotatable bonds is 13. The van der Waals surface area contributed by atoms with E-state index in [0.29, 0.717) is 6.42 Å². The highest BCUT2D eigenvalue weighted by Gasteiger charge is 2.39. The van der Waals surface area contributed by atoms with Crippen molar-refractivity contribution in [3.63, 3.8) is 0 Å². The summed E-state index contributed by atoms with van der Waals surface area (Å²) in [5, 5.41) is 28.8. The van der Waals surface area contributed by atoms with Crippen LogP contribution in [0.5, 0.6) is 0 Å². The van der Waals surface area contributed by atoms with Gasteiger partial charge in [-0.25, -0.2) is 0 Å². The molecule has 24 heavy (non-hydrogen) atoms. The molecule has 0 aliphatic carbocycles. The molecule has 1 saturated heterocycles. The monoisotopic (exact) mass is 346 g/mol. The van der Waals surface area contributed by atoms with Crippen molar-refractivity contribution in [1.82, 2.24) is 0 Å². The summed E-state index contributed by atoms with van der Waals surface area (Å²) in [6, 6.07) is 0. The lowest BCUT2D eigenvalue weighted by Gasteiger charge is -2.20. The van der Waals surface area contributed by atoms with Crippen LogP contribution in [0.15, 0.2) is 0 Å². The van der Waals surface area contributed by atoms with Gasteiger partial charge in [0.25, 0.3) is 0 Å². The first-order valence-corrected chi connectivity index (χ1v) is 9.37. The summed E-state index contributed by atoms with van der Waals surface area (Å²) < 4.78 is 10.1. The van der Waals surface area contributed by atoms with Crippen LogP contribution < -0.4 is 0 Å². The normalized spacial score (nSPS) is 24.9. The van der Waals surface area contributed by atoms with E-state index in [1.165, 1.54) is 38.5 Å². The van der Waals surface area contributed by atoms with Crippen LogP contribution in [-0.2, 0) is 14.3 Å². The van der Waals surface area contributed by atoms with Crippen LogP contribution in [0.1, 0.15) is 71.1 Å². The van der Waals surface area contributed by atoms with Gasteiger partial charge in [0.15, 0.2) is 0 Å². The van der Waals surface area contributed by atoms with E-state index >= 15 is 0 Å². The number of esters is 1. The molecule has 142 valence electrons. The molecule has 1 aliphatic rings. The van der Waals surface area contributed by atoms with Gasteiger partial charge in [0, 0.05) is 6.42 Å². The second-order valence-electron chi connectivity index (χ2n) is 6.68. The minimum absolute atomic E-state index is 0.0186. The Morgan fingerprint density at radius 1 is 1.08 bits per heavy atom. The molecule has 0 aromatic heterocycles. The van der Waals surface area contributed by atoms with Crippen molar-refractivity contribution in [2.75, 3.05) is 13.2 Å². The minimum Gasteiger partial charge on any atom is -0.463 e. The molecule has 6 heteroatoms. The van der Waals surface area contributed by atoms with E-state index in [1.807, 2.05) is 0 Å². The van der Waals surface area contributed by atoms with Crippen molar-refractivity contribution in [2.24, 2.45) is 0 Å². The fourth-order valence-electron chi connectivity index (χ4n) is 2.89. The van der Waals surface area contributed by atoms with Crippen LogP contribution in [0, 0.1) is 0 Å². The number of carbonyl (C=O) groups is 1. The van der Waals surface area contributed by atoms with Crippen LogP contribution in [0.4, 0.5) is 0 Å². The van der Waals surface area contributed by atoms with Crippen molar-refractivity contribution < 1.29 is 29.6 Å². The van der Waals surface area contributed by atoms with Gasteiger partial charge in [-0.05, 0) is 6.42 Å². The Balaban J connectivity index is 1.96. The summed E-state index contributed by atoms with van der Waals surface area (Å²) >= 11 is 0. The molecule has 2 unspecified atom stereocenters. The lowest BCUT2D eigenvalue weighted by molar-refractivity contribution is -0.151. The van der Waals surface area contributed by atoms with Crippen molar-refractivity contribution in [2.45, 2.75) is 95.5 Å². The Morgan fingerprint density at radius 3 is 2.21 bits per heavy atom. The van der Waals surface area contributed by atoms with Crippen LogP contribution in [0.2, 0.25) is 0 Å². The van der Waals surface area contributed by atoms with Gasteiger partial charge >= 0.3 is 5.97 Å². The quantitative estimate of drug-likeness (QED) is 0.348. The fourth-order valence-corrected chi connectivity index (χ4v) is 2.89. The number of hydrogen-bond acceptors (Lipinski definition) is 6. The van der Waals surface area contributed by atoms with Crippen molar-refractivity contribution in [3.05, 3.63) is 0 Å². The van der Waals surface area contributed by atoms with Gasteiger partial charge < -0.3 is 24.8 Å². The molecule has 1 fully saturated rings. The maximum absolute atomic E-state index is 11.6. The predicted molar refractivity (Wildman–Crippen MR) is 90.6 cm³/mol. The van der Waals surface area contributed by atoms with Crippen LogP contribution in [0.3, 0.4) is 0 Å². The summed E-state index contributed by atoms with van der Waals surface area (Å²) in [5.74, 6) is -0.343. The summed E-state index contributed by atoms with van der Waals surface area (Å²) in [5.41, 5.74) is 0. The van der Waals surface area contributed by atoms with Gasteiger partial charge in [0.2, 0.25) is 0 Å². The van der Waals surface area contributed by atoms with Crippen LogP contribution in [-0.4, -0.2) is 58.9 Å². The smallest absolute Gasteiger partial charge is 0.305 e. The maximum atomic E-state index is 11.6. The first kappa shape index (κ1) is 21.4. The van der Waals surface area contributed by atoms with E-state index in [4.69, 9.17) is 9.47 Å². The second kappa shape index (κ2) is 12.6. The summed E-state index contributed by atoms with van der Waals surface area (Å²) in [4.78, 5) is 11.6. The third-order valence-corrected chi connectivity index (χ3v) is 4.47. The Labute approximate surface area is 145 Å². The molecule has 6 nitrogen and oxygen atoms in total.